The van der Waals surface area contributed by atoms with Gasteiger partial charge in [0.25, 0.3) is 0 Å². The number of hydrogen-bond acceptors (Lipinski definition) is 2. The summed E-state index contributed by atoms with van der Waals surface area (Å²) in [6.07, 6.45) is 0. The maximum atomic E-state index is 5.94. The van der Waals surface area contributed by atoms with Crippen LogP contribution in [0.15, 0.2) is 0 Å². The Morgan fingerprint density at radius 1 is 1.00 bits per heavy atom. The summed E-state index contributed by atoms with van der Waals surface area (Å²) in [5, 5.41) is 3.40. The van der Waals surface area contributed by atoms with Crippen LogP contribution in [0, 0.1) is 10.8 Å². The van der Waals surface area contributed by atoms with Crippen molar-refractivity contribution in [1.82, 2.24) is 5.32 Å². The zero-order valence-electron chi connectivity index (χ0n) is 12.7. The molecule has 0 spiro atoms. The van der Waals surface area contributed by atoms with Crippen LogP contribution in [0.4, 0.5) is 0 Å². The number of nitrogens with one attached hydrogen (secondary N) is 1. The van der Waals surface area contributed by atoms with Crippen molar-refractivity contribution in [3.05, 3.63) is 0 Å². The van der Waals surface area contributed by atoms with Crippen molar-refractivity contribution < 1.29 is 4.74 Å². The second-order valence-corrected chi connectivity index (χ2v) is 10.8. The van der Waals surface area contributed by atoms with E-state index < -0.39 is 0 Å². The summed E-state index contributed by atoms with van der Waals surface area (Å²) in [6.45, 7) is 17.6. The third-order valence-electron chi connectivity index (χ3n) is 2.69. The first-order valence-corrected chi connectivity index (χ1v) is 10.9. The Kier molecular flexibility index (Phi) is 9.13. The van der Waals surface area contributed by atoms with E-state index in [1.807, 2.05) is 0 Å². The van der Waals surface area contributed by atoms with Crippen molar-refractivity contribution >= 4 is 21.1 Å². The fourth-order valence-corrected chi connectivity index (χ4v) is 4.57. The van der Waals surface area contributed by atoms with Gasteiger partial charge in [0.1, 0.15) is 0 Å². The molecule has 0 fully saturated rings. The van der Waals surface area contributed by atoms with Crippen LogP contribution in [-0.4, -0.2) is 47.4 Å². The predicted octanol–water partition coefficient (Wildman–Crippen LogP) is 3.23. The standard InChI is InChI=1S/C12H26NO.C2H5.Sn/c1-7-13-8-12(5,6)10-14-9-11(2,3)4;1-2;/h13H,2,7-10H2,1,3-6H3;1H2,2H3;. The van der Waals surface area contributed by atoms with Crippen LogP contribution in [0.5, 0.6) is 0 Å². The van der Waals surface area contributed by atoms with Gasteiger partial charge in [0.05, 0.1) is 0 Å². The molecule has 0 amide bonds. The van der Waals surface area contributed by atoms with Crippen molar-refractivity contribution in [2.45, 2.75) is 50.4 Å². The molecule has 0 aliphatic carbocycles. The molecule has 2 radical (unpaired) electrons. The first kappa shape index (κ1) is 17.7. The molecule has 0 saturated carbocycles. The molecule has 1 N–H and O–H groups in total. The molecule has 0 heterocycles. The van der Waals surface area contributed by atoms with Crippen LogP contribution in [0.3, 0.4) is 0 Å². The minimum atomic E-state index is -0.109. The predicted molar refractivity (Wildman–Crippen MR) is 78.0 cm³/mol. The van der Waals surface area contributed by atoms with Gasteiger partial charge in [-0.1, -0.05) is 0 Å². The third kappa shape index (κ3) is 10.3. The van der Waals surface area contributed by atoms with Gasteiger partial charge in [0.15, 0.2) is 0 Å². The van der Waals surface area contributed by atoms with Gasteiger partial charge in [-0.25, -0.2) is 0 Å². The quantitative estimate of drug-likeness (QED) is 0.612. The van der Waals surface area contributed by atoms with Gasteiger partial charge in [-0.2, -0.15) is 0 Å². The Morgan fingerprint density at radius 3 is 2.12 bits per heavy atom. The van der Waals surface area contributed by atoms with Gasteiger partial charge in [-0.3, -0.25) is 0 Å². The molecule has 2 nitrogen and oxygen atoms in total. The van der Waals surface area contributed by atoms with Crippen LogP contribution in [0.2, 0.25) is 8.87 Å². The molecule has 0 aromatic carbocycles. The van der Waals surface area contributed by atoms with Crippen LogP contribution in [0.1, 0.15) is 41.5 Å². The van der Waals surface area contributed by atoms with E-state index >= 15 is 0 Å². The zero-order chi connectivity index (χ0) is 13.4. The van der Waals surface area contributed by atoms with Gasteiger partial charge in [0, 0.05) is 0 Å². The van der Waals surface area contributed by atoms with Gasteiger partial charge >= 0.3 is 119 Å². The number of hydrogen-bond donors (Lipinski definition) is 1. The molecule has 0 atom stereocenters. The molecule has 0 unspecified atom stereocenters. The van der Waals surface area contributed by atoms with Crippen molar-refractivity contribution in [2.75, 3.05) is 26.3 Å². The topological polar surface area (TPSA) is 21.3 Å². The number of rotatable bonds is 10. The summed E-state index contributed by atoms with van der Waals surface area (Å²) in [7, 11) is 0. The van der Waals surface area contributed by atoms with Crippen molar-refractivity contribution in [2.24, 2.45) is 10.8 Å². The molecule has 0 aromatic rings. The molecular formula is C14H31NOSn. The fraction of sp³-hybridized carbons (Fsp3) is 1.00. The first-order chi connectivity index (χ1) is 7.83. The summed E-state index contributed by atoms with van der Waals surface area (Å²) in [6, 6.07) is 0. The summed E-state index contributed by atoms with van der Waals surface area (Å²) < 4.78 is 8.82. The monoisotopic (exact) mass is 349 g/mol. The molecule has 0 aliphatic rings. The van der Waals surface area contributed by atoms with E-state index in [2.05, 4.69) is 46.9 Å². The second kappa shape index (κ2) is 8.76. The SMILES string of the molecule is CCNCC(C)(C)COCC(C)(C)[CH2][Sn][CH2]C. The molecule has 0 saturated heterocycles. The van der Waals surface area contributed by atoms with Crippen LogP contribution >= 0.6 is 0 Å². The summed E-state index contributed by atoms with van der Waals surface area (Å²) >= 11 is -0.109. The van der Waals surface area contributed by atoms with Gasteiger partial charge in [-0.15, -0.1) is 0 Å². The third-order valence-corrected chi connectivity index (χ3v) is 7.56. The van der Waals surface area contributed by atoms with E-state index in [0.717, 1.165) is 26.3 Å². The Hall–Kier alpha value is 0.719. The molecule has 17 heavy (non-hydrogen) atoms. The van der Waals surface area contributed by atoms with Crippen LogP contribution in [0.25, 0.3) is 0 Å². The van der Waals surface area contributed by atoms with Crippen LogP contribution in [-0.2, 0) is 4.74 Å². The maximum absolute atomic E-state index is 5.94. The van der Waals surface area contributed by atoms with E-state index in [0.29, 0.717) is 5.41 Å². The van der Waals surface area contributed by atoms with Gasteiger partial charge in [-0.05, 0) is 0 Å². The first-order valence-electron chi connectivity index (χ1n) is 6.82. The van der Waals surface area contributed by atoms with Gasteiger partial charge in [0.2, 0.25) is 0 Å². The molecule has 3 heteroatoms. The molecule has 0 aliphatic heterocycles. The Balaban J connectivity index is 3.80. The van der Waals surface area contributed by atoms with E-state index in [9.17, 15) is 0 Å². The zero-order valence-corrected chi connectivity index (χ0v) is 15.5. The normalized spacial score (nSPS) is 13.1. The van der Waals surface area contributed by atoms with E-state index in [4.69, 9.17) is 4.74 Å². The summed E-state index contributed by atoms with van der Waals surface area (Å²) in [4.78, 5) is 0. The van der Waals surface area contributed by atoms with Gasteiger partial charge < -0.3 is 0 Å². The Morgan fingerprint density at radius 2 is 1.59 bits per heavy atom. The summed E-state index contributed by atoms with van der Waals surface area (Å²) in [5.41, 5.74) is 0.646. The number of ether oxygens (including phenoxy) is 1. The average molecular weight is 348 g/mol. The molecule has 0 aromatic heterocycles. The van der Waals surface area contributed by atoms with Crippen molar-refractivity contribution in [3.8, 4) is 0 Å². The second-order valence-electron chi connectivity index (χ2n) is 6.38. The molecule has 0 rings (SSSR count). The Labute approximate surface area is 118 Å². The molecule has 102 valence electrons. The average Bonchev–Trinajstić information content (AvgIpc) is 2.23. The Bertz CT molecular complexity index is 173. The minimum absolute atomic E-state index is 0.109. The molecule has 0 bridgehead atoms. The van der Waals surface area contributed by atoms with Crippen LogP contribution < -0.4 is 5.32 Å². The summed E-state index contributed by atoms with van der Waals surface area (Å²) in [5.74, 6) is 0. The fourth-order valence-electron chi connectivity index (χ4n) is 1.63. The van der Waals surface area contributed by atoms with E-state index in [-0.39, 0.29) is 26.6 Å². The van der Waals surface area contributed by atoms with Crippen molar-refractivity contribution in [3.63, 3.8) is 0 Å². The van der Waals surface area contributed by atoms with Crippen molar-refractivity contribution in [1.29, 1.82) is 0 Å². The molecular weight excluding hydrogens is 317 g/mol. The van der Waals surface area contributed by atoms with E-state index in [1.165, 1.54) is 8.87 Å². The van der Waals surface area contributed by atoms with E-state index in [1.54, 1.807) is 0 Å².